The lowest BCUT2D eigenvalue weighted by atomic mass is 10.0. The van der Waals surface area contributed by atoms with Crippen LogP contribution in [0.2, 0.25) is 0 Å². The number of nitrogens with two attached hydrogens (primary N) is 1. The molecule has 0 spiro atoms. The highest BCUT2D eigenvalue weighted by Gasteiger charge is 2.33. The molecule has 1 atom stereocenters. The Morgan fingerprint density at radius 3 is 2.65 bits per heavy atom. The Balaban J connectivity index is 1.85. The quantitative estimate of drug-likeness (QED) is 0.896. The van der Waals surface area contributed by atoms with Gasteiger partial charge in [-0.25, -0.2) is 0 Å². The normalized spacial score (nSPS) is 19.8. The van der Waals surface area contributed by atoms with Crippen molar-refractivity contribution in [1.29, 1.82) is 0 Å². The van der Waals surface area contributed by atoms with E-state index < -0.39 is 0 Å². The predicted octanol–water partition coefficient (Wildman–Crippen LogP) is 2.33. The van der Waals surface area contributed by atoms with Crippen molar-refractivity contribution < 1.29 is 9.47 Å². The maximum atomic E-state index is 6.04. The lowest BCUT2D eigenvalue weighted by Gasteiger charge is -2.30. The van der Waals surface area contributed by atoms with Crippen molar-refractivity contribution in [3.05, 3.63) is 23.8 Å². The summed E-state index contributed by atoms with van der Waals surface area (Å²) in [6.45, 7) is 5.36. The number of fused-ring (bicyclic) bond motifs is 1. The Morgan fingerprint density at radius 2 is 2.00 bits per heavy atom. The van der Waals surface area contributed by atoms with Gasteiger partial charge in [-0.2, -0.15) is 0 Å². The van der Waals surface area contributed by atoms with E-state index >= 15 is 0 Å². The summed E-state index contributed by atoms with van der Waals surface area (Å²) in [4.78, 5) is 2.51. The molecule has 4 nitrogen and oxygen atoms in total. The van der Waals surface area contributed by atoms with Crippen molar-refractivity contribution >= 4 is 0 Å². The van der Waals surface area contributed by atoms with Gasteiger partial charge in [-0.1, -0.05) is 13.0 Å². The molecule has 0 radical (unpaired) electrons. The number of hydrogen-bond donors (Lipinski definition) is 1. The molecular formula is C16H24N2O2. The molecule has 4 heteroatoms. The van der Waals surface area contributed by atoms with E-state index in [2.05, 4.69) is 24.0 Å². The second kappa shape index (κ2) is 6.02. The Morgan fingerprint density at radius 1 is 1.25 bits per heavy atom. The van der Waals surface area contributed by atoms with Crippen molar-refractivity contribution in [2.24, 2.45) is 5.73 Å². The summed E-state index contributed by atoms with van der Waals surface area (Å²) in [5, 5.41) is 0. The topological polar surface area (TPSA) is 47.7 Å². The van der Waals surface area contributed by atoms with E-state index in [0.29, 0.717) is 12.6 Å². The summed E-state index contributed by atoms with van der Waals surface area (Å²) in [5.41, 5.74) is 7.28. The van der Waals surface area contributed by atoms with Crippen molar-refractivity contribution in [2.45, 2.75) is 38.3 Å². The molecule has 1 aliphatic carbocycles. The molecule has 1 saturated carbocycles. The maximum Gasteiger partial charge on any atom is 0.161 e. The third-order valence-electron chi connectivity index (χ3n) is 4.16. The van der Waals surface area contributed by atoms with Crippen molar-refractivity contribution in [3.8, 4) is 11.5 Å². The van der Waals surface area contributed by atoms with Crippen molar-refractivity contribution in [3.63, 3.8) is 0 Å². The van der Waals surface area contributed by atoms with Crippen LogP contribution in [0.25, 0.3) is 0 Å². The second-order valence-electron chi connectivity index (χ2n) is 5.57. The lowest BCUT2D eigenvalue weighted by Crippen LogP contribution is -2.35. The zero-order valence-corrected chi connectivity index (χ0v) is 12.2. The molecule has 1 aromatic carbocycles. The summed E-state index contributed by atoms with van der Waals surface area (Å²) in [6, 6.07) is 7.27. The number of rotatable bonds is 5. The third-order valence-corrected chi connectivity index (χ3v) is 4.16. The van der Waals surface area contributed by atoms with Crippen LogP contribution in [0.4, 0.5) is 0 Å². The molecule has 0 aromatic heterocycles. The Labute approximate surface area is 120 Å². The minimum Gasteiger partial charge on any atom is -0.490 e. The SMILES string of the molecule is CCN(C1CC1)C(CN)c1ccc2c(c1)OCCCO2. The van der Waals surface area contributed by atoms with Gasteiger partial charge in [0.05, 0.1) is 13.2 Å². The molecular weight excluding hydrogens is 252 g/mol. The summed E-state index contributed by atoms with van der Waals surface area (Å²) in [6.07, 6.45) is 3.54. The highest BCUT2D eigenvalue weighted by atomic mass is 16.5. The number of likely N-dealkylation sites (N-methyl/N-ethyl adjacent to an activating group) is 1. The van der Waals surface area contributed by atoms with Crippen LogP contribution in [0.5, 0.6) is 11.5 Å². The van der Waals surface area contributed by atoms with Gasteiger partial charge in [-0.3, -0.25) is 4.90 Å². The van der Waals surface area contributed by atoms with E-state index in [1.54, 1.807) is 0 Å². The van der Waals surface area contributed by atoms with Crippen molar-refractivity contribution in [2.75, 3.05) is 26.3 Å². The van der Waals surface area contributed by atoms with Gasteiger partial charge in [-0.15, -0.1) is 0 Å². The summed E-state index contributed by atoms with van der Waals surface area (Å²) in [5.74, 6) is 1.72. The second-order valence-corrected chi connectivity index (χ2v) is 5.57. The summed E-state index contributed by atoms with van der Waals surface area (Å²) >= 11 is 0. The first kappa shape index (κ1) is 13.7. The van der Waals surface area contributed by atoms with Crippen LogP contribution in [-0.2, 0) is 0 Å². The largest absolute Gasteiger partial charge is 0.490 e. The number of ether oxygens (including phenoxy) is 2. The molecule has 1 aromatic rings. The van der Waals surface area contributed by atoms with E-state index in [1.165, 1.54) is 18.4 Å². The van der Waals surface area contributed by atoms with E-state index in [-0.39, 0.29) is 6.04 Å². The predicted molar refractivity (Wildman–Crippen MR) is 79.2 cm³/mol. The van der Waals surface area contributed by atoms with Gasteiger partial charge < -0.3 is 15.2 Å². The molecule has 2 N–H and O–H groups in total. The molecule has 3 rings (SSSR count). The molecule has 0 bridgehead atoms. The first-order valence-electron chi connectivity index (χ1n) is 7.69. The smallest absolute Gasteiger partial charge is 0.161 e. The van der Waals surface area contributed by atoms with Crippen LogP contribution in [-0.4, -0.2) is 37.2 Å². The molecule has 20 heavy (non-hydrogen) atoms. The summed E-state index contributed by atoms with van der Waals surface area (Å²) in [7, 11) is 0. The number of nitrogens with zero attached hydrogens (tertiary/aromatic N) is 1. The first-order chi connectivity index (χ1) is 9.83. The minimum atomic E-state index is 0.282. The van der Waals surface area contributed by atoms with Crippen LogP contribution in [0, 0.1) is 0 Å². The molecule has 2 aliphatic rings. The average Bonchev–Trinajstić information content (AvgIpc) is 3.30. The number of benzene rings is 1. The molecule has 1 fully saturated rings. The fourth-order valence-electron chi connectivity index (χ4n) is 2.99. The molecule has 1 unspecified atom stereocenters. The zero-order chi connectivity index (χ0) is 13.9. The van der Waals surface area contributed by atoms with Gasteiger partial charge in [0.25, 0.3) is 0 Å². The Kier molecular flexibility index (Phi) is 4.13. The Bertz CT molecular complexity index is 460. The molecule has 1 aliphatic heterocycles. The van der Waals surface area contributed by atoms with Crippen LogP contribution < -0.4 is 15.2 Å². The van der Waals surface area contributed by atoms with E-state index in [1.807, 2.05) is 6.07 Å². The Hall–Kier alpha value is -1.26. The zero-order valence-electron chi connectivity index (χ0n) is 12.2. The molecule has 110 valence electrons. The lowest BCUT2D eigenvalue weighted by molar-refractivity contribution is 0.201. The van der Waals surface area contributed by atoms with Gasteiger partial charge in [0.1, 0.15) is 0 Å². The minimum absolute atomic E-state index is 0.282. The van der Waals surface area contributed by atoms with E-state index in [0.717, 1.165) is 37.7 Å². The van der Waals surface area contributed by atoms with E-state index in [4.69, 9.17) is 15.2 Å². The maximum absolute atomic E-state index is 6.04. The fourth-order valence-corrected chi connectivity index (χ4v) is 2.99. The fraction of sp³-hybridized carbons (Fsp3) is 0.625. The van der Waals surface area contributed by atoms with Crippen LogP contribution in [0.1, 0.15) is 37.8 Å². The molecule has 1 heterocycles. The molecule has 0 amide bonds. The van der Waals surface area contributed by atoms with Crippen LogP contribution in [0.15, 0.2) is 18.2 Å². The standard InChI is InChI=1S/C16H24N2O2/c1-2-18(13-5-6-13)14(11-17)12-4-7-15-16(10-12)20-9-3-8-19-15/h4,7,10,13-14H,2-3,5-6,8-9,11,17H2,1H3. The average molecular weight is 276 g/mol. The van der Waals surface area contributed by atoms with Crippen LogP contribution >= 0.6 is 0 Å². The van der Waals surface area contributed by atoms with Crippen LogP contribution in [0.3, 0.4) is 0 Å². The summed E-state index contributed by atoms with van der Waals surface area (Å²) < 4.78 is 11.5. The highest BCUT2D eigenvalue weighted by Crippen LogP contribution is 2.37. The van der Waals surface area contributed by atoms with E-state index in [9.17, 15) is 0 Å². The van der Waals surface area contributed by atoms with Gasteiger partial charge in [0.2, 0.25) is 0 Å². The van der Waals surface area contributed by atoms with Crippen molar-refractivity contribution in [1.82, 2.24) is 4.90 Å². The van der Waals surface area contributed by atoms with Gasteiger partial charge in [-0.05, 0) is 37.1 Å². The van der Waals surface area contributed by atoms with Gasteiger partial charge >= 0.3 is 0 Å². The third kappa shape index (κ3) is 2.76. The highest BCUT2D eigenvalue weighted by molar-refractivity contribution is 5.44. The van der Waals surface area contributed by atoms with Gasteiger partial charge in [0.15, 0.2) is 11.5 Å². The number of hydrogen-bond acceptors (Lipinski definition) is 4. The first-order valence-corrected chi connectivity index (χ1v) is 7.69. The van der Waals surface area contributed by atoms with Gasteiger partial charge in [0, 0.05) is 25.0 Å². The molecule has 0 saturated heterocycles. The monoisotopic (exact) mass is 276 g/mol.